The summed E-state index contributed by atoms with van der Waals surface area (Å²) in [7, 11) is -3.37. The Kier molecular flexibility index (Phi) is 4.92. The van der Waals surface area contributed by atoms with E-state index in [1.54, 1.807) is 0 Å². The highest BCUT2D eigenvalue weighted by Crippen LogP contribution is 2.34. The molecule has 0 spiro atoms. The van der Waals surface area contributed by atoms with E-state index in [4.69, 9.17) is 0 Å². The minimum Gasteiger partial charge on any atom is -0.306 e. The van der Waals surface area contributed by atoms with Crippen LogP contribution in [-0.4, -0.2) is 24.1 Å². The number of hydrogen-bond donors (Lipinski definition) is 1. The van der Waals surface area contributed by atoms with Crippen molar-refractivity contribution in [2.75, 3.05) is 5.32 Å². The first kappa shape index (κ1) is 21.1. The molecule has 0 saturated heterocycles. The fourth-order valence-corrected chi connectivity index (χ4v) is 5.07. The number of rotatable bonds is 3. The van der Waals surface area contributed by atoms with E-state index in [0.717, 1.165) is 35.4 Å². The van der Waals surface area contributed by atoms with Crippen LogP contribution >= 0.6 is 0 Å². The third-order valence-electron chi connectivity index (χ3n) is 5.07. The number of halogens is 3. The molecule has 0 radical (unpaired) electrons. The number of anilines is 1. The van der Waals surface area contributed by atoms with Gasteiger partial charge in [-0.15, -0.1) is 0 Å². The number of aromatic nitrogens is 2. The molecule has 4 rings (SSSR count). The highest BCUT2D eigenvalue weighted by molar-refractivity contribution is 7.90. The molecule has 1 N–H and O–H groups in total. The van der Waals surface area contributed by atoms with Gasteiger partial charge in [-0.05, 0) is 49.7 Å². The molecule has 162 valence electrons. The van der Waals surface area contributed by atoms with Crippen LogP contribution < -0.4 is 5.32 Å². The smallest absolute Gasteiger partial charge is 0.306 e. The molecule has 2 aromatic carbocycles. The Balaban J connectivity index is 1.74. The number of carbonyl (C=O) groups is 1. The molecule has 1 aromatic heterocycles. The summed E-state index contributed by atoms with van der Waals surface area (Å²) in [5, 5.41) is 7.07. The monoisotopic (exact) mass is 449 g/mol. The molecule has 2 heterocycles. The number of carbonyl (C=O) groups excluding carboxylic acids is 1. The third kappa shape index (κ3) is 4.07. The standard InChI is InChI=1S/C21H18F3N3O3S/c1-12-3-8-18(13(2)9-12)27-19(16-10-31(29,30)11-17(16)26-27)25-20(28)14-4-6-15(7-5-14)21(22,23)24/h3-9H,10-11H2,1-2H3,(H,25,28). The molecular weight excluding hydrogens is 431 g/mol. The van der Waals surface area contributed by atoms with Gasteiger partial charge in [0.05, 0.1) is 28.5 Å². The predicted molar refractivity (Wildman–Crippen MR) is 109 cm³/mol. The highest BCUT2D eigenvalue weighted by atomic mass is 32.2. The summed E-state index contributed by atoms with van der Waals surface area (Å²) >= 11 is 0. The number of fused-ring (bicyclic) bond motifs is 1. The fraction of sp³-hybridized carbons (Fsp3) is 0.238. The van der Waals surface area contributed by atoms with Crippen molar-refractivity contribution in [3.05, 3.63) is 76.0 Å². The summed E-state index contributed by atoms with van der Waals surface area (Å²) in [6.45, 7) is 3.80. The van der Waals surface area contributed by atoms with Crippen LogP contribution in [0.2, 0.25) is 0 Å². The Bertz CT molecular complexity index is 1290. The number of sulfone groups is 1. The number of benzene rings is 2. The molecule has 0 fully saturated rings. The quantitative estimate of drug-likeness (QED) is 0.650. The molecular formula is C21H18F3N3O3S. The van der Waals surface area contributed by atoms with Crippen molar-refractivity contribution >= 4 is 21.6 Å². The summed E-state index contributed by atoms with van der Waals surface area (Å²) in [5.74, 6) is -0.959. The van der Waals surface area contributed by atoms with Gasteiger partial charge in [-0.3, -0.25) is 4.79 Å². The van der Waals surface area contributed by atoms with Crippen LogP contribution in [0.5, 0.6) is 0 Å². The van der Waals surface area contributed by atoms with Crippen molar-refractivity contribution in [1.29, 1.82) is 0 Å². The van der Waals surface area contributed by atoms with Gasteiger partial charge in [0.25, 0.3) is 5.91 Å². The zero-order valence-corrected chi connectivity index (χ0v) is 17.4. The topological polar surface area (TPSA) is 81.1 Å². The van der Waals surface area contributed by atoms with Gasteiger partial charge in [-0.25, -0.2) is 13.1 Å². The lowest BCUT2D eigenvalue weighted by atomic mass is 10.1. The Labute approximate surface area is 176 Å². The Morgan fingerprint density at radius 1 is 1.06 bits per heavy atom. The molecule has 0 unspecified atom stereocenters. The van der Waals surface area contributed by atoms with Crippen molar-refractivity contribution in [3.63, 3.8) is 0 Å². The van der Waals surface area contributed by atoms with E-state index in [0.29, 0.717) is 16.9 Å². The number of nitrogens with one attached hydrogen (secondary N) is 1. The molecule has 0 aliphatic carbocycles. The fourth-order valence-electron chi connectivity index (χ4n) is 3.58. The van der Waals surface area contributed by atoms with Gasteiger partial charge in [-0.2, -0.15) is 18.3 Å². The number of nitrogens with zero attached hydrogens (tertiary/aromatic N) is 2. The number of aryl methyl sites for hydroxylation is 2. The predicted octanol–water partition coefficient (Wildman–Crippen LogP) is 4.19. The number of alkyl halides is 3. The van der Waals surface area contributed by atoms with Crippen molar-refractivity contribution in [2.45, 2.75) is 31.5 Å². The summed E-state index contributed by atoms with van der Waals surface area (Å²) in [4.78, 5) is 12.8. The maximum atomic E-state index is 12.8. The third-order valence-corrected chi connectivity index (χ3v) is 6.52. The van der Waals surface area contributed by atoms with Crippen LogP contribution in [0, 0.1) is 13.8 Å². The lowest BCUT2D eigenvalue weighted by Gasteiger charge is -2.14. The molecule has 6 nitrogen and oxygen atoms in total. The van der Waals surface area contributed by atoms with Crippen LogP contribution in [0.4, 0.5) is 19.0 Å². The van der Waals surface area contributed by atoms with Crippen molar-refractivity contribution < 1.29 is 26.4 Å². The van der Waals surface area contributed by atoms with Gasteiger partial charge in [0.15, 0.2) is 9.84 Å². The Morgan fingerprint density at radius 3 is 2.35 bits per heavy atom. The van der Waals surface area contributed by atoms with Crippen LogP contribution in [0.3, 0.4) is 0 Å². The first-order valence-corrected chi connectivity index (χ1v) is 11.1. The summed E-state index contributed by atoms with van der Waals surface area (Å²) in [6, 6.07) is 9.42. The average Bonchev–Trinajstić information content (AvgIpc) is 3.13. The largest absolute Gasteiger partial charge is 0.416 e. The number of hydrogen-bond acceptors (Lipinski definition) is 4. The average molecular weight is 449 g/mol. The molecule has 0 bridgehead atoms. The second-order valence-corrected chi connectivity index (χ2v) is 9.60. The number of amides is 1. The van der Waals surface area contributed by atoms with Crippen LogP contribution in [0.15, 0.2) is 42.5 Å². The first-order chi connectivity index (χ1) is 14.4. The maximum absolute atomic E-state index is 12.8. The van der Waals surface area contributed by atoms with E-state index in [9.17, 15) is 26.4 Å². The molecule has 10 heteroatoms. The molecule has 1 aliphatic heterocycles. The molecule has 1 amide bonds. The zero-order valence-electron chi connectivity index (χ0n) is 16.6. The van der Waals surface area contributed by atoms with E-state index < -0.39 is 27.5 Å². The second kappa shape index (κ2) is 7.23. The molecule has 3 aromatic rings. The summed E-state index contributed by atoms with van der Waals surface area (Å²) in [6.07, 6.45) is -4.51. The van der Waals surface area contributed by atoms with E-state index in [-0.39, 0.29) is 22.9 Å². The minimum atomic E-state index is -4.51. The van der Waals surface area contributed by atoms with Crippen LogP contribution in [-0.2, 0) is 27.5 Å². The van der Waals surface area contributed by atoms with Gasteiger partial charge in [-0.1, -0.05) is 17.7 Å². The van der Waals surface area contributed by atoms with E-state index >= 15 is 0 Å². The summed E-state index contributed by atoms with van der Waals surface area (Å²) < 4.78 is 64.0. The van der Waals surface area contributed by atoms with Gasteiger partial charge in [0, 0.05) is 11.1 Å². The van der Waals surface area contributed by atoms with Crippen LogP contribution in [0.25, 0.3) is 5.69 Å². The molecule has 1 aliphatic rings. The van der Waals surface area contributed by atoms with Crippen molar-refractivity contribution in [2.24, 2.45) is 0 Å². The molecule has 0 saturated carbocycles. The molecule has 0 atom stereocenters. The lowest BCUT2D eigenvalue weighted by molar-refractivity contribution is -0.137. The van der Waals surface area contributed by atoms with Gasteiger partial charge in [0.2, 0.25) is 0 Å². The van der Waals surface area contributed by atoms with Gasteiger partial charge < -0.3 is 5.32 Å². The van der Waals surface area contributed by atoms with E-state index in [2.05, 4.69) is 10.4 Å². The maximum Gasteiger partial charge on any atom is 0.416 e. The second-order valence-electron chi connectivity index (χ2n) is 7.54. The van der Waals surface area contributed by atoms with Crippen LogP contribution in [0.1, 0.15) is 38.3 Å². The minimum absolute atomic E-state index is 0.0102. The van der Waals surface area contributed by atoms with E-state index in [1.807, 2.05) is 32.0 Å². The lowest BCUT2D eigenvalue weighted by Crippen LogP contribution is -2.17. The first-order valence-electron chi connectivity index (χ1n) is 9.32. The molecule has 31 heavy (non-hydrogen) atoms. The highest BCUT2D eigenvalue weighted by Gasteiger charge is 2.34. The van der Waals surface area contributed by atoms with Crippen molar-refractivity contribution in [1.82, 2.24) is 9.78 Å². The normalized spacial score (nSPS) is 15.0. The van der Waals surface area contributed by atoms with Gasteiger partial charge in [0.1, 0.15) is 5.82 Å². The Hall–Kier alpha value is -3.14. The Morgan fingerprint density at radius 2 is 1.74 bits per heavy atom. The zero-order chi connectivity index (χ0) is 22.6. The SMILES string of the molecule is Cc1ccc(-n2nc3c(c2NC(=O)c2ccc(C(F)(F)F)cc2)CS(=O)(=O)C3)c(C)c1. The van der Waals surface area contributed by atoms with E-state index in [1.165, 1.54) is 4.68 Å². The van der Waals surface area contributed by atoms with Gasteiger partial charge >= 0.3 is 6.18 Å². The summed E-state index contributed by atoms with van der Waals surface area (Å²) in [5.41, 5.74) is 2.45. The van der Waals surface area contributed by atoms with Crippen molar-refractivity contribution in [3.8, 4) is 5.69 Å².